The second-order valence-electron chi connectivity index (χ2n) is 0.896. The van der Waals surface area contributed by atoms with Gasteiger partial charge in [0.1, 0.15) is 0 Å². The van der Waals surface area contributed by atoms with E-state index < -0.39 is 20.8 Å². The molecule has 0 atom stereocenters. The maximum atomic E-state index is 8.74. The van der Waals surface area contributed by atoms with E-state index in [1.54, 1.807) is 0 Å². The zero-order valence-electron chi connectivity index (χ0n) is 12.8. The minimum atomic E-state index is -4.67. The van der Waals surface area contributed by atoms with E-state index in [0.717, 1.165) is 0 Å². The summed E-state index contributed by atoms with van der Waals surface area (Å²) in [7, 11) is -9.33. The standard InChI is InChI=1S/3ClH.2Mg.2Na.2H2O4S.4H/c;;;;;;;2*1-5(2,3)4;;;;/h3*1H;;;;;2*(H2,1,2,3,4);;;;/q;;;2*+2;2*+1;;;4*-1/p-2. The van der Waals surface area contributed by atoms with Gasteiger partial charge in [-0.05, 0) is 0 Å². The van der Waals surface area contributed by atoms with Gasteiger partial charge in [0.2, 0.25) is 0 Å². The van der Waals surface area contributed by atoms with Crippen molar-refractivity contribution in [2.45, 2.75) is 0 Å². The van der Waals surface area contributed by atoms with Crippen molar-refractivity contribution in [1.29, 1.82) is 0 Å². The van der Waals surface area contributed by atoms with E-state index in [1.165, 1.54) is 0 Å². The average Bonchev–Trinajstić information content (AvgIpc) is 1.12. The van der Waals surface area contributed by atoms with Crippen molar-refractivity contribution in [3.05, 3.63) is 0 Å². The van der Waals surface area contributed by atoms with Crippen molar-refractivity contribution in [3.8, 4) is 0 Å². The van der Waals surface area contributed by atoms with Crippen LogP contribution in [0, 0.1) is 0 Å². The minimum Gasteiger partial charge on any atom is -1.00 e. The average molecular weight is 402 g/mol. The Balaban J connectivity index is -0.00000000364. The Morgan fingerprint density at radius 2 is 0.647 bits per heavy atom. The molecule has 4 N–H and O–H groups in total. The van der Waals surface area contributed by atoms with Gasteiger partial charge in [0.15, 0.2) is 0 Å². The SMILES string of the molecule is Cl.O=S(=O)(O)O.O=S(=O)(O)O.[Cl-].[Cl-].[H-].[H-].[H-].[H-].[Mg+2].[Mg+2].[Na+].[Na+]. The molecule has 0 heterocycles. The van der Waals surface area contributed by atoms with E-state index in [0.29, 0.717) is 0 Å². The van der Waals surface area contributed by atoms with Crippen LogP contribution in [0.4, 0.5) is 0 Å². The van der Waals surface area contributed by atoms with Crippen LogP contribution in [0.2, 0.25) is 0 Å². The van der Waals surface area contributed by atoms with Crippen LogP contribution >= 0.6 is 12.4 Å². The number of rotatable bonds is 0. The molecule has 0 aromatic heterocycles. The maximum absolute atomic E-state index is 8.74. The predicted molar refractivity (Wildman–Crippen MR) is 51.6 cm³/mol. The van der Waals surface area contributed by atoms with Crippen LogP contribution in [0.5, 0.6) is 0 Å². The van der Waals surface area contributed by atoms with Crippen molar-refractivity contribution in [2.24, 2.45) is 0 Å². The van der Waals surface area contributed by atoms with Gasteiger partial charge in [0, 0.05) is 0 Å². The van der Waals surface area contributed by atoms with Crippen molar-refractivity contribution in [1.82, 2.24) is 0 Å². The van der Waals surface area contributed by atoms with Gasteiger partial charge in [0.25, 0.3) is 0 Å². The molecule has 8 nitrogen and oxygen atoms in total. The first kappa shape index (κ1) is 58.2. The Labute approximate surface area is 200 Å². The van der Waals surface area contributed by atoms with Gasteiger partial charge in [-0.3, -0.25) is 18.2 Å². The molecule has 0 bridgehead atoms. The fourth-order valence-electron chi connectivity index (χ4n) is 0. The zero-order valence-corrected chi connectivity index (χ0v) is 19.6. The zero-order chi connectivity index (χ0) is 9.00. The van der Waals surface area contributed by atoms with Crippen LogP contribution in [0.25, 0.3) is 0 Å². The van der Waals surface area contributed by atoms with Crippen LogP contribution in [-0.2, 0) is 20.8 Å². The summed E-state index contributed by atoms with van der Waals surface area (Å²) in [6, 6.07) is 0. The van der Waals surface area contributed by atoms with Gasteiger partial charge in [-0.1, -0.05) is 0 Å². The van der Waals surface area contributed by atoms with Gasteiger partial charge in [-0.2, -0.15) is 16.8 Å². The predicted octanol–water partition coefficient (Wildman–Crippen LogP) is -13.2. The third kappa shape index (κ3) is 386. The molecule has 0 aromatic rings. The van der Waals surface area contributed by atoms with Crippen LogP contribution in [0.3, 0.4) is 0 Å². The molecule has 0 saturated carbocycles. The van der Waals surface area contributed by atoms with E-state index in [-0.39, 0.29) is 148 Å². The molecular weight excluding hydrogens is 393 g/mol. The van der Waals surface area contributed by atoms with E-state index in [2.05, 4.69) is 0 Å². The van der Waals surface area contributed by atoms with Crippen LogP contribution in [0.1, 0.15) is 5.71 Å². The van der Waals surface area contributed by atoms with E-state index >= 15 is 0 Å². The summed E-state index contributed by atoms with van der Waals surface area (Å²) in [5.74, 6) is 0. The molecule has 0 spiro atoms. The molecule has 0 unspecified atom stereocenters. The molecule has 0 fully saturated rings. The minimum absolute atomic E-state index is 0. The molecule has 0 aliphatic rings. The summed E-state index contributed by atoms with van der Waals surface area (Å²) < 4.78 is 63.2. The normalized spacial score (nSPS) is 6.82. The molecule has 0 aliphatic heterocycles. The van der Waals surface area contributed by atoms with Crippen LogP contribution in [-0.4, -0.2) is 81.2 Å². The maximum Gasteiger partial charge on any atom is 2.00 e. The van der Waals surface area contributed by atoms with E-state index in [1.807, 2.05) is 0 Å². The molecule has 0 radical (unpaired) electrons. The second kappa shape index (κ2) is 28.3. The summed E-state index contributed by atoms with van der Waals surface area (Å²) in [5, 5.41) is 0. The van der Waals surface area contributed by atoms with Gasteiger partial charge in [-0.25, -0.2) is 0 Å². The molecule has 0 aromatic carbocycles. The Morgan fingerprint density at radius 1 is 0.647 bits per heavy atom. The van der Waals surface area contributed by atoms with Crippen molar-refractivity contribution >= 4 is 79.3 Å². The number of hydrogen-bond acceptors (Lipinski definition) is 4. The Morgan fingerprint density at radius 3 is 0.647 bits per heavy atom. The molecule has 0 aliphatic carbocycles. The first-order chi connectivity index (χ1) is 4.00. The Bertz CT molecular complexity index is 246. The topological polar surface area (TPSA) is 149 Å². The number of hydrogen-bond donors (Lipinski definition) is 4. The Kier molecular flexibility index (Phi) is 96.9. The summed E-state index contributed by atoms with van der Waals surface area (Å²) >= 11 is 0. The summed E-state index contributed by atoms with van der Waals surface area (Å²) in [5.41, 5.74) is 0. The molecular formula is H9Cl3Mg2Na2O8S2. The fraction of sp³-hybridized carbons (Fsp3) is 0. The van der Waals surface area contributed by atoms with Crippen LogP contribution in [0.15, 0.2) is 0 Å². The molecule has 96 valence electrons. The van der Waals surface area contributed by atoms with Gasteiger partial charge in [-0.15, -0.1) is 12.4 Å². The van der Waals surface area contributed by atoms with E-state index in [9.17, 15) is 0 Å². The smallest absolute Gasteiger partial charge is 1.00 e. The van der Waals surface area contributed by atoms with Gasteiger partial charge >= 0.3 is 126 Å². The summed E-state index contributed by atoms with van der Waals surface area (Å²) in [4.78, 5) is 0. The monoisotopic (exact) mass is 400 g/mol. The second-order valence-corrected chi connectivity index (χ2v) is 2.69. The quantitative estimate of drug-likeness (QED) is 0.231. The third-order valence-electron chi connectivity index (χ3n) is 0. The van der Waals surface area contributed by atoms with Gasteiger partial charge in [0.05, 0.1) is 0 Å². The van der Waals surface area contributed by atoms with Crippen molar-refractivity contribution < 1.29 is 125 Å². The summed E-state index contributed by atoms with van der Waals surface area (Å²) in [6.45, 7) is 0. The van der Waals surface area contributed by atoms with Crippen molar-refractivity contribution in [3.63, 3.8) is 0 Å². The molecule has 0 rings (SSSR count). The van der Waals surface area contributed by atoms with Crippen LogP contribution < -0.4 is 83.9 Å². The molecule has 0 amide bonds. The third-order valence-corrected chi connectivity index (χ3v) is 0. The van der Waals surface area contributed by atoms with Crippen molar-refractivity contribution in [2.75, 3.05) is 0 Å². The fourth-order valence-corrected chi connectivity index (χ4v) is 0. The molecule has 17 heteroatoms. The molecule has 17 heavy (non-hydrogen) atoms. The largest absolute Gasteiger partial charge is 2.00 e. The Hall–Kier alpha value is 4.14. The van der Waals surface area contributed by atoms with E-state index in [4.69, 9.17) is 35.0 Å². The van der Waals surface area contributed by atoms with Gasteiger partial charge < -0.3 is 30.5 Å². The first-order valence-corrected chi connectivity index (χ1v) is 4.19. The first-order valence-electron chi connectivity index (χ1n) is 1.40. The molecule has 0 saturated heterocycles. The number of halogens is 3. The summed E-state index contributed by atoms with van der Waals surface area (Å²) in [6.07, 6.45) is 0.